The fourth-order valence-electron chi connectivity index (χ4n) is 3.35. The molecule has 4 rings (SSSR count). The van der Waals surface area contributed by atoms with Gasteiger partial charge in [-0.15, -0.1) is 0 Å². The lowest BCUT2D eigenvalue weighted by Crippen LogP contribution is -2.11. The Bertz CT molecular complexity index is 1190. The molecule has 0 saturated carbocycles. The van der Waals surface area contributed by atoms with E-state index in [1.807, 2.05) is 36.4 Å². The molecule has 0 aliphatic rings. The first-order valence-corrected chi connectivity index (χ1v) is 9.26. The molecule has 0 fully saturated rings. The van der Waals surface area contributed by atoms with Crippen molar-refractivity contribution in [2.75, 3.05) is 0 Å². The van der Waals surface area contributed by atoms with Crippen LogP contribution in [0.2, 0.25) is 0 Å². The maximum Gasteiger partial charge on any atom is 0.336 e. The summed E-state index contributed by atoms with van der Waals surface area (Å²) in [5.41, 5.74) is 5.11. The largest absolute Gasteiger partial charge is 0.423 e. The average molecular weight is 372 g/mol. The zero-order valence-corrected chi connectivity index (χ0v) is 16.1. The third-order valence-electron chi connectivity index (χ3n) is 4.98. The number of halogens is 1. The molecule has 3 aromatic carbocycles. The second-order valence-electron chi connectivity index (χ2n) is 8.02. The van der Waals surface area contributed by atoms with Gasteiger partial charge in [0.15, 0.2) is 0 Å². The molecule has 28 heavy (non-hydrogen) atoms. The third-order valence-corrected chi connectivity index (χ3v) is 4.98. The van der Waals surface area contributed by atoms with Crippen molar-refractivity contribution in [3.8, 4) is 22.3 Å². The Morgan fingerprint density at radius 1 is 0.750 bits per heavy atom. The molecule has 0 spiro atoms. The number of fused-ring (bicyclic) bond motifs is 1. The van der Waals surface area contributed by atoms with Crippen LogP contribution in [0.5, 0.6) is 0 Å². The van der Waals surface area contributed by atoms with Crippen LogP contribution in [0.25, 0.3) is 33.2 Å². The molecule has 0 radical (unpaired) electrons. The van der Waals surface area contributed by atoms with Crippen molar-refractivity contribution < 1.29 is 8.81 Å². The summed E-state index contributed by atoms with van der Waals surface area (Å²) in [6.07, 6.45) is 0. The molecule has 0 aliphatic carbocycles. The zero-order valence-electron chi connectivity index (χ0n) is 16.1. The fraction of sp³-hybridized carbons (Fsp3) is 0.160. The summed E-state index contributed by atoms with van der Waals surface area (Å²) in [4.78, 5) is 12.1. The third kappa shape index (κ3) is 3.48. The highest BCUT2D eigenvalue weighted by atomic mass is 19.1. The smallest absolute Gasteiger partial charge is 0.336 e. The SMILES string of the molecule is CC(C)(C)c1ccc2oc(=O)cc(-c3ccc(-c4ccc(F)cc4)cc3)c2c1. The van der Waals surface area contributed by atoms with E-state index in [-0.39, 0.29) is 16.9 Å². The summed E-state index contributed by atoms with van der Waals surface area (Å²) in [6.45, 7) is 6.47. The molecule has 0 bridgehead atoms. The van der Waals surface area contributed by atoms with Gasteiger partial charge in [-0.05, 0) is 57.5 Å². The van der Waals surface area contributed by atoms with Gasteiger partial charge in [-0.3, -0.25) is 0 Å². The maximum absolute atomic E-state index is 13.2. The summed E-state index contributed by atoms with van der Waals surface area (Å²) in [5, 5.41) is 0.918. The van der Waals surface area contributed by atoms with Crippen LogP contribution in [0, 0.1) is 5.82 Å². The van der Waals surface area contributed by atoms with E-state index in [2.05, 4.69) is 26.8 Å². The molecule has 0 unspecified atom stereocenters. The Morgan fingerprint density at radius 3 is 1.93 bits per heavy atom. The molecular formula is C25H21FO2. The minimum Gasteiger partial charge on any atom is -0.423 e. The second kappa shape index (κ2) is 6.75. The van der Waals surface area contributed by atoms with Gasteiger partial charge in [-0.1, -0.05) is 63.2 Å². The fourth-order valence-corrected chi connectivity index (χ4v) is 3.35. The molecule has 0 N–H and O–H groups in total. The normalized spacial score (nSPS) is 11.7. The van der Waals surface area contributed by atoms with Crippen LogP contribution in [-0.2, 0) is 5.41 Å². The number of benzene rings is 3. The first kappa shape index (κ1) is 18.2. The van der Waals surface area contributed by atoms with E-state index in [1.165, 1.54) is 17.7 Å². The van der Waals surface area contributed by atoms with E-state index < -0.39 is 0 Å². The highest BCUT2D eigenvalue weighted by Gasteiger charge is 2.16. The van der Waals surface area contributed by atoms with Crippen molar-refractivity contribution in [3.63, 3.8) is 0 Å². The second-order valence-corrected chi connectivity index (χ2v) is 8.02. The van der Waals surface area contributed by atoms with Crippen LogP contribution < -0.4 is 5.63 Å². The quantitative estimate of drug-likeness (QED) is 0.373. The van der Waals surface area contributed by atoms with Crippen molar-refractivity contribution in [2.24, 2.45) is 0 Å². The van der Waals surface area contributed by atoms with E-state index in [4.69, 9.17) is 4.42 Å². The molecule has 140 valence electrons. The van der Waals surface area contributed by atoms with E-state index in [0.717, 1.165) is 27.6 Å². The van der Waals surface area contributed by atoms with Crippen molar-refractivity contribution in [1.29, 1.82) is 0 Å². The van der Waals surface area contributed by atoms with Crippen molar-refractivity contribution in [2.45, 2.75) is 26.2 Å². The Kier molecular flexibility index (Phi) is 4.38. The van der Waals surface area contributed by atoms with Crippen molar-refractivity contribution in [1.82, 2.24) is 0 Å². The van der Waals surface area contributed by atoms with Gasteiger partial charge in [-0.2, -0.15) is 0 Å². The van der Waals surface area contributed by atoms with Gasteiger partial charge >= 0.3 is 5.63 Å². The van der Waals surface area contributed by atoms with Gasteiger partial charge in [0.05, 0.1) is 0 Å². The van der Waals surface area contributed by atoms with Gasteiger partial charge in [0.2, 0.25) is 0 Å². The maximum atomic E-state index is 13.2. The first-order valence-electron chi connectivity index (χ1n) is 9.26. The van der Waals surface area contributed by atoms with Crippen LogP contribution in [0.15, 0.2) is 82.0 Å². The van der Waals surface area contributed by atoms with Crippen LogP contribution in [0.3, 0.4) is 0 Å². The number of hydrogen-bond acceptors (Lipinski definition) is 2. The predicted octanol–water partition coefficient (Wildman–Crippen LogP) is 6.56. The van der Waals surface area contributed by atoms with Gasteiger partial charge in [0, 0.05) is 11.5 Å². The standard InChI is InChI=1S/C25H21FO2/c1-25(2,3)19-10-13-23-22(14-19)21(15-24(27)28-23)18-6-4-16(5-7-18)17-8-11-20(26)12-9-17/h4-15H,1-3H3. The van der Waals surface area contributed by atoms with Crippen LogP contribution in [-0.4, -0.2) is 0 Å². The van der Waals surface area contributed by atoms with E-state index in [1.54, 1.807) is 18.2 Å². The molecule has 0 atom stereocenters. The Balaban J connectivity index is 1.83. The van der Waals surface area contributed by atoms with Gasteiger partial charge in [0.1, 0.15) is 11.4 Å². The van der Waals surface area contributed by atoms with Crippen LogP contribution >= 0.6 is 0 Å². The molecule has 4 aromatic rings. The summed E-state index contributed by atoms with van der Waals surface area (Å²) in [5.74, 6) is -0.252. The van der Waals surface area contributed by atoms with Gasteiger partial charge in [0.25, 0.3) is 0 Å². The molecule has 2 nitrogen and oxygen atoms in total. The molecule has 0 amide bonds. The predicted molar refractivity (Wildman–Crippen MR) is 112 cm³/mol. The summed E-state index contributed by atoms with van der Waals surface area (Å²) >= 11 is 0. The molecule has 3 heteroatoms. The molecular weight excluding hydrogens is 351 g/mol. The Morgan fingerprint density at radius 2 is 1.32 bits per heavy atom. The zero-order chi connectivity index (χ0) is 19.9. The number of rotatable bonds is 2. The summed E-state index contributed by atoms with van der Waals surface area (Å²) < 4.78 is 18.6. The van der Waals surface area contributed by atoms with Gasteiger partial charge < -0.3 is 4.42 Å². The molecule has 0 aliphatic heterocycles. The monoisotopic (exact) mass is 372 g/mol. The number of hydrogen-bond donors (Lipinski definition) is 0. The molecule has 1 aromatic heterocycles. The van der Waals surface area contributed by atoms with Crippen LogP contribution in [0.4, 0.5) is 4.39 Å². The topological polar surface area (TPSA) is 30.2 Å². The highest BCUT2D eigenvalue weighted by Crippen LogP contribution is 2.32. The Labute approximate surface area is 163 Å². The lowest BCUT2D eigenvalue weighted by atomic mass is 9.85. The minimum absolute atomic E-state index is 0.00592. The van der Waals surface area contributed by atoms with E-state index in [9.17, 15) is 9.18 Å². The minimum atomic E-state index is -0.367. The highest BCUT2D eigenvalue weighted by molar-refractivity contribution is 5.94. The summed E-state index contributed by atoms with van der Waals surface area (Å²) in [6, 6.07) is 21.9. The lowest BCUT2D eigenvalue weighted by molar-refractivity contribution is 0.559. The van der Waals surface area contributed by atoms with E-state index >= 15 is 0 Å². The van der Waals surface area contributed by atoms with Crippen LogP contribution in [0.1, 0.15) is 26.3 Å². The lowest BCUT2D eigenvalue weighted by Gasteiger charge is -2.19. The first-order chi connectivity index (χ1) is 13.3. The van der Waals surface area contributed by atoms with Gasteiger partial charge in [-0.25, -0.2) is 9.18 Å². The molecule has 0 saturated heterocycles. The Hall–Kier alpha value is -3.20. The van der Waals surface area contributed by atoms with E-state index in [0.29, 0.717) is 5.58 Å². The summed E-state index contributed by atoms with van der Waals surface area (Å²) in [7, 11) is 0. The van der Waals surface area contributed by atoms with Crippen molar-refractivity contribution >= 4 is 11.0 Å². The molecule has 1 heterocycles. The van der Waals surface area contributed by atoms with Crippen molar-refractivity contribution in [3.05, 3.63) is 94.6 Å². The average Bonchev–Trinajstić information content (AvgIpc) is 2.67.